The van der Waals surface area contributed by atoms with E-state index in [1.807, 2.05) is 13.8 Å². The van der Waals surface area contributed by atoms with Crippen molar-refractivity contribution < 1.29 is 13.2 Å². The van der Waals surface area contributed by atoms with Crippen LogP contribution < -0.4 is 4.72 Å². The van der Waals surface area contributed by atoms with Gasteiger partial charge in [0.1, 0.15) is 4.21 Å². The first-order valence-corrected chi connectivity index (χ1v) is 8.15. The van der Waals surface area contributed by atoms with Crippen LogP contribution in [0.1, 0.15) is 26.5 Å². The Hall–Kier alpha value is -1.67. The average molecular weight is 313 g/mol. The van der Waals surface area contributed by atoms with Gasteiger partial charge in [0, 0.05) is 17.6 Å². The van der Waals surface area contributed by atoms with Crippen molar-refractivity contribution >= 4 is 27.3 Å². The van der Waals surface area contributed by atoms with Gasteiger partial charge >= 0.3 is 0 Å². The molecule has 108 valence electrons. The predicted octanol–water partition coefficient (Wildman–Crippen LogP) is 1.53. The minimum absolute atomic E-state index is 0.141. The van der Waals surface area contributed by atoms with Crippen molar-refractivity contribution in [1.29, 1.82) is 0 Å². The molecule has 0 aromatic carbocycles. The number of nitrogens with one attached hydrogen (secondary N) is 1. The van der Waals surface area contributed by atoms with E-state index in [0.29, 0.717) is 5.69 Å². The van der Waals surface area contributed by atoms with E-state index in [4.69, 9.17) is 0 Å². The van der Waals surface area contributed by atoms with Crippen molar-refractivity contribution in [3.63, 3.8) is 0 Å². The maximum absolute atomic E-state index is 12.2. The molecule has 1 N–H and O–H groups in total. The Balaban J connectivity index is 2.29. The quantitative estimate of drug-likeness (QED) is 0.931. The molecule has 1 amide bonds. The molecule has 2 heterocycles. The van der Waals surface area contributed by atoms with E-state index in [1.54, 1.807) is 20.0 Å². The second-order valence-corrected chi connectivity index (χ2v) is 7.67. The van der Waals surface area contributed by atoms with Gasteiger partial charge in [0.05, 0.1) is 11.8 Å². The molecule has 0 aliphatic rings. The van der Waals surface area contributed by atoms with Crippen molar-refractivity contribution in [3.05, 3.63) is 34.0 Å². The van der Waals surface area contributed by atoms with E-state index in [1.165, 1.54) is 10.9 Å². The fourth-order valence-corrected chi connectivity index (χ4v) is 4.10. The summed E-state index contributed by atoms with van der Waals surface area (Å²) in [6.45, 7) is 5.37. The van der Waals surface area contributed by atoms with E-state index in [9.17, 15) is 13.2 Å². The van der Waals surface area contributed by atoms with Gasteiger partial charge in [-0.05, 0) is 32.4 Å². The summed E-state index contributed by atoms with van der Waals surface area (Å²) in [4.78, 5) is 12.9. The molecule has 2 rings (SSSR count). The number of aromatic nitrogens is 2. The summed E-state index contributed by atoms with van der Waals surface area (Å²) in [5.41, 5.74) is 1.75. The molecule has 2 aromatic rings. The second-order valence-electron chi connectivity index (χ2n) is 4.51. The average Bonchev–Trinajstić information content (AvgIpc) is 2.85. The van der Waals surface area contributed by atoms with Gasteiger partial charge in [-0.2, -0.15) is 5.10 Å². The summed E-state index contributed by atoms with van der Waals surface area (Å²) in [7, 11) is -2.15. The lowest BCUT2D eigenvalue weighted by atomic mass is 10.2. The molecule has 8 heteroatoms. The van der Waals surface area contributed by atoms with Crippen LogP contribution in [0.25, 0.3) is 0 Å². The molecule has 0 radical (unpaired) electrons. The molecule has 0 saturated heterocycles. The van der Waals surface area contributed by atoms with Crippen LogP contribution in [-0.2, 0) is 17.1 Å². The molecule has 0 aliphatic heterocycles. The van der Waals surface area contributed by atoms with Crippen LogP contribution in [0.15, 0.2) is 16.5 Å². The van der Waals surface area contributed by atoms with Crippen LogP contribution in [0, 0.1) is 20.8 Å². The largest absolute Gasteiger partial charge is 0.273 e. The highest BCUT2D eigenvalue weighted by atomic mass is 32.2. The van der Waals surface area contributed by atoms with Crippen molar-refractivity contribution in [2.45, 2.75) is 25.0 Å². The van der Waals surface area contributed by atoms with Crippen molar-refractivity contribution in [2.75, 3.05) is 0 Å². The Kier molecular flexibility index (Phi) is 3.70. The number of rotatable bonds is 3. The van der Waals surface area contributed by atoms with Crippen molar-refractivity contribution in [2.24, 2.45) is 7.05 Å². The molecule has 0 unspecified atom stereocenters. The maximum Gasteiger partial charge on any atom is 0.273 e. The number of nitrogens with zero attached hydrogens (tertiary/aromatic N) is 2. The van der Waals surface area contributed by atoms with Gasteiger partial charge in [-0.15, -0.1) is 11.3 Å². The number of sulfonamides is 1. The zero-order chi connectivity index (χ0) is 15.1. The first-order chi connectivity index (χ1) is 9.22. The Morgan fingerprint density at radius 1 is 1.35 bits per heavy atom. The summed E-state index contributed by atoms with van der Waals surface area (Å²) < 4.78 is 28.0. The van der Waals surface area contributed by atoms with Gasteiger partial charge in [0.2, 0.25) is 0 Å². The lowest BCUT2D eigenvalue weighted by molar-refractivity contribution is 0.0981. The zero-order valence-electron chi connectivity index (χ0n) is 11.6. The van der Waals surface area contributed by atoms with Crippen LogP contribution >= 0.6 is 11.3 Å². The topological polar surface area (TPSA) is 81.1 Å². The van der Waals surface area contributed by atoms with E-state index < -0.39 is 15.9 Å². The first kappa shape index (κ1) is 14.7. The highest BCUT2D eigenvalue weighted by molar-refractivity contribution is 7.92. The minimum Gasteiger partial charge on any atom is -0.272 e. The lowest BCUT2D eigenvalue weighted by Gasteiger charge is -2.04. The minimum atomic E-state index is -3.83. The predicted molar refractivity (Wildman–Crippen MR) is 76.4 cm³/mol. The van der Waals surface area contributed by atoms with Crippen molar-refractivity contribution in [3.8, 4) is 0 Å². The SMILES string of the molecule is Cc1cc(S(=O)(=O)NC(=O)c2cnn(C)c2C)sc1C. The molecule has 2 aromatic heterocycles. The second kappa shape index (κ2) is 5.02. The standard InChI is InChI=1S/C12H15N3O3S2/c1-7-5-11(19-9(7)3)20(17,18)14-12(16)10-6-13-15(4)8(10)2/h5-6H,1-4H3,(H,14,16). The van der Waals surface area contributed by atoms with Gasteiger partial charge in [-0.3, -0.25) is 9.48 Å². The van der Waals surface area contributed by atoms with Gasteiger partial charge in [-0.1, -0.05) is 0 Å². The molecule has 0 saturated carbocycles. The third kappa shape index (κ3) is 2.61. The van der Waals surface area contributed by atoms with Crippen LogP contribution in [0.4, 0.5) is 0 Å². The number of hydrogen-bond donors (Lipinski definition) is 1. The zero-order valence-corrected chi connectivity index (χ0v) is 13.2. The number of amides is 1. The number of carbonyl (C=O) groups is 1. The fraction of sp³-hybridized carbons (Fsp3) is 0.333. The van der Waals surface area contributed by atoms with Crippen LogP contribution in [-0.4, -0.2) is 24.1 Å². The van der Waals surface area contributed by atoms with Gasteiger partial charge in [0.25, 0.3) is 15.9 Å². The molecular weight excluding hydrogens is 298 g/mol. The molecular formula is C12H15N3O3S2. The molecule has 0 aliphatic carbocycles. The number of hydrogen-bond acceptors (Lipinski definition) is 5. The number of aryl methyl sites for hydroxylation is 3. The van der Waals surface area contributed by atoms with Crippen LogP contribution in [0.2, 0.25) is 0 Å². The highest BCUT2D eigenvalue weighted by Gasteiger charge is 2.23. The summed E-state index contributed by atoms with van der Waals surface area (Å²) in [5, 5.41) is 3.92. The smallest absolute Gasteiger partial charge is 0.272 e. The molecule has 0 spiro atoms. The molecule has 20 heavy (non-hydrogen) atoms. The normalized spacial score (nSPS) is 11.6. The number of thiophene rings is 1. The van der Waals surface area contributed by atoms with Crippen molar-refractivity contribution in [1.82, 2.24) is 14.5 Å². The van der Waals surface area contributed by atoms with E-state index >= 15 is 0 Å². The fourth-order valence-electron chi connectivity index (χ4n) is 1.62. The summed E-state index contributed by atoms with van der Waals surface area (Å²) in [6.07, 6.45) is 1.35. The summed E-state index contributed by atoms with van der Waals surface area (Å²) in [6, 6.07) is 1.56. The van der Waals surface area contributed by atoms with E-state index in [0.717, 1.165) is 21.8 Å². The first-order valence-electron chi connectivity index (χ1n) is 5.85. The van der Waals surface area contributed by atoms with Gasteiger partial charge in [0.15, 0.2) is 0 Å². The maximum atomic E-state index is 12.2. The summed E-state index contributed by atoms with van der Waals surface area (Å²) >= 11 is 1.14. The Bertz CT molecular complexity index is 752. The molecule has 0 atom stereocenters. The molecule has 6 nitrogen and oxygen atoms in total. The van der Waals surface area contributed by atoms with E-state index in [2.05, 4.69) is 9.82 Å². The van der Waals surface area contributed by atoms with Gasteiger partial charge in [-0.25, -0.2) is 13.1 Å². The number of carbonyl (C=O) groups excluding carboxylic acids is 1. The highest BCUT2D eigenvalue weighted by Crippen LogP contribution is 2.25. The Morgan fingerprint density at radius 3 is 2.45 bits per heavy atom. The van der Waals surface area contributed by atoms with Crippen LogP contribution in [0.5, 0.6) is 0 Å². The Labute approximate surface area is 121 Å². The monoisotopic (exact) mass is 313 g/mol. The third-order valence-corrected chi connectivity index (χ3v) is 6.07. The molecule has 0 fully saturated rings. The van der Waals surface area contributed by atoms with E-state index in [-0.39, 0.29) is 9.77 Å². The molecule has 0 bridgehead atoms. The lowest BCUT2D eigenvalue weighted by Crippen LogP contribution is -2.30. The summed E-state index contributed by atoms with van der Waals surface area (Å²) in [5.74, 6) is -0.667. The Morgan fingerprint density at radius 2 is 2.00 bits per heavy atom. The third-order valence-electron chi connectivity index (χ3n) is 3.12. The van der Waals surface area contributed by atoms with Gasteiger partial charge < -0.3 is 0 Å². The van der Waals surface area contributed by atoms with Crippen LogP contribution in [0.3, 0.4) is 0 Å².